The molecule has 0 saturated carbocycles. The molecule has 0 radical (unpaired) electrons. The molecule has 1 aromatic rings. The van der Waals surface area contributed by atoms with Crippen LogP contribution >= 0.6 is 0 Å². The van der Waals surface area contributed by atoms with Crippen LogP contribution in [0.5, 0.6) is 5.75 Å². The van der Waals surface area contributed by atoms with E-state index in [0.717, 1.165) is 0 Å². The Morgan fingerprint density at radius 3 is 2.64 bits per heavy atom. The zero-order valence-corrected chi connectivity index (χ0v) is 7.40. The lowest BCUT2D eigenvalue weighted by atomic mass is 10.3. The Labute approximate surface area is 80.5 Å². The maximum absolute atomic E-state index is 11.7. The van der Waals surface area contributed by atoms with Crippen molar-refractivity contribution in [3.05, 3.63) is 30.3 Å². The lowest BCUT2D eigenvalue weighted by Crippen LogP contribution is -2.09. The Balaban J connectivity index is 2.17. The Kier molecular flexibility index (Phi) is 3.63. The third kappa shape index (κ3) is 4.61. The molecule has 1 aromatic carbocycles. The van der Waals surface area contributed by atoms with Gasteiger partial charge in [-0.2, -0.15) is 13.2 Å². The van der Waals surface area contributed by atoms with Gasteiger partial charge < -0.3 is 4.74 Å². The molecule has 0 heterocycles. The van der Waals surface area contributed by atoms with Crippen molar-refractivity contribution < 1.29 is 17.9 Å². The molecule has 0 aromatic heterocycles. The summed E-state index contributed by atoms with van der Waals surface area (Å²) in [5.41, 5.74) is 0. The molecule has 0 aliphatic heterocycles. The summed E-state index contributed by atoms with van der Waals surface area (Å²) in [5.74, 6) is 0.519. The van der Waals surface area contributed by atoms with Crippen LogP contribution in [-0.2, 0) is 0 Å². The van der Waals surface area contributed by atoms with E-state index in [1.54, 1.807) is 12.1 Å². The normalized spacial score (nSPS) is 10.8. The number of hydrogen-bond acceptors (Lipinski definition) is 1. The number of ether oxygens (including phenoxy) is 1. The Bertz CT molecular complexity index is 256. The van der Waals surface area contributed by atoms with Gasteiger partial charge in [-0.05, 0) is 18.6 Å². The van der Waals surface area contributed by atoms with Crippen molar-refractivity contribution in [2.75, 3.05) is 6.61 Å². The van der Waals surface area contributed by atoms with E-state index in [0.29, 0.717) is 5.75 Å². The number of halogens is 3. The minimum absolute atomic E-state index is 0.0257. The van der Waals surface area contributed by atoms with Crippen molar-refractivity contribution in [1.29, 1.82) is 0 Å². The fourth-order valence-corrected chi connectivity index (χ4v) is 0.885. The molecule has 0 N–H and O–H groups in total. The number of rotatable bonds is 4. The van der Waals surface area contributed by atoms with Crippen molar-refractivity contribution in [1.82, 2.24) is 0 Å². The molecular formula is C10H9F3O. The van der Waals surface area contributed by atoms with E-state index in [-0.39, 0.29) is 13.0 Å². The first kappa shape index (κ1) is 10.7. The first-order chi connectivity index (χ1) is 6.58. The summed E-state index contributed by atoms with van der Waals surface area (Å²) in [4.78, 5) is 0. The van der Waals surface area contributed by atoms with E-state index < -0.39 is 12.6 Å². The molecule has 0 fully saturated rings. The molecule has 0 unspecified atom stereocenters. The standard InChI is InChI=1S/C10H9F3O/c11-10(12,13)7-4-8-14-9-5-2-1-3-6-9/h2,5-6H,4,7-8H2. The molecular weight excluding hydrogens is 193 g/mol. The predicted octanol–water partition coefficient (Wildman–Crippen LogP) is 3.01. The van der Waals surface area contributed by atoms with Crippen LogP contribution in [-0.4, -0.2) is 12.8 Å². The number of hydrogen-bond donors (Lipinski definition) is 0. The fraction of sp³-hybridized carbons (Fsp3) is 0.400. The van der Waals surface area contributed by atoms with Crippen LogP contribution < -0.4 is 4.74 Å². The van der Waals surface area contributed by atoms with Gasteiger partial charge in [0.2, 0.25) is 0 Å². The van der Waals surface area contributed by atoms with Gasteiger partial charge in [0, 0.05) is 12.5 Å². The summed E-state index contributed by atoms with van der Waals surface area (Å²) in [7, 11) is 0. The molecule has 76 valence electrons. The van der Waals surface area contributed by atoms with Gasteiger partial charge in [-0.25, -0.2) is 0 Å². The summed E-state index contributed by atoms with van der Waals surface area (Å²) in [6.45, 7) is 0.0668. The first-order valence-corrected chi connectivity index (χ1v) is 4.15. The molecule has 14 heavy (non-hydrogen) atoms. The summed E-state index contributed by atoms with van der Waals surface area (Å²) in [6, 6.07) is 10.1. The van der Waals surface area contributed by atoms with Gasteiger partial charge in [-0.3, -0.25) is 0 Å². The van der Waals surface area contributed by atoms with Gasteiger partial charge >= 0.3 is 6.18 Å². The van der Waals surface area contributed by atoms with E-state index in [1.165, 1.54) is 6.07 Å². The smallest absolute Gasteiger partial charge is 0.389 e. The van der Waals surface area contributed by atoms with Crippen LogP contribution in [0.3, 0.4) is 0 Å². The Morgan fingerprint density at radius 1 is 1.29 bits per heavy atom. The SMILES string of the molecule is FC(F)(F)CCCOc1cc#ccc1. The quantitative estimate of drug-likeness (QED) is 0.682. The molecule has 0 bridgehead atoms. The van der Waals surface area contributed by atoms with Gasteiger partial charge in [0.05, 0.1) is 6.61 Å². The van der Waals surface area contributed by atoms with Crippen LogP contribution in [0.4, 0.5) is 13.2 Å². The second-order valence-electron chi connectivity index (χ2n) is 2.74. The molecule has 0 amide bonds. The highest BCUT2D eigenvalue weighted by molar-refractivity contribution is 5.16. The van der Waals surface area contributed by atoms with Crippen LogP contribution in [0.25, 0.3) is 0 Å². The van der Waals surface area contributed by atoms with Crippen molar-refractivity contribution in [2.45, 2.75) is 19.0 Å². The average molecular weight is 202 g/mol. The third-order valence-corrected chi connectivity index (χ3v) is 1.50. The molecule has 0 aliphatic carbocycles. The van der Waals surface area contributed by atoms with Gasteiger partial charge in [0.1, 0.15) is 5.75 Å². The molecule has 0 saturated heterocycles. The molecule has 0 atom stereocenters. The molecule has 0 spiro atoms. The second-order valence-corrected chi connectivity index (χ2v) is 2.74. The van der Waals surface area contributed by atoms with Gasteiger partial charge in [0.15, 0.2) is 0 Å². The second kappa shape index (κ2) is 4.75. The molecule has 1 nitrogen and oxygen atoms in total. The lowest BCUT2D eigenvalue weighted by Gasteiger charge is -2.07. The maximum Gasteiger partial charge on any atom is 0.389 e. The summed E-state index contributed by atoms with van der Waals surface area (Å²) in [5, 5.41) is 0. The Morgan fingerprint density at radius 2 is 2.07 bits per heavy atom. The largest absolute Gasteiger partial charge is 0.493 e. The first-order valence-electron chi connectivity index (χ1n) is 4.15. The van der Waals surface area contributed by atoms with Crippen LogP contribution in [0, 0.1) is 12.1 Å². The van der Waals surface area contributed by atoms with E-state index >= 15 is 0 Å². The minimum Gasteiger partial charge on any atom is -0.493 e. The zero-order valence-electron chi connectivity index (χ0n) is 7.40. The van der Waals surface area contributed by atoms with Gasteiger partial charge in [0.25, 0.3) is 0 Å². The number of alkyl halides is 3. The highest BCUT2D eigenvalue weighted by Gasteiger charge is 2.25. The van der Waals surface area contributed by atoms with Crippen molar-refractivity contribution in [3.8, 4) is 5.75 Å². The summed E-state index contributed by atoms with van der Waals surface area (Å²) >= 11 is 0. The summed E-state index contributed by atoms with van der Waals surface area (Å²) < 4.78 is 40.2. The highest BCUT2D eigenvalue weighted by Crippen LogP contribution is 2.21. The van der Waals surface area contributed by atoms with E-state index in [4.69, 9.17) is 4.74 Å². The Hall–Kier alpha value is -1.37. The topological polar surface area (TPSA) is 9.23 Å². The van der Waals surface area contributed by atoms with Crippen molar-refractivity contribution in [3.63, 3.8) is 0 Å². The minimum atomic E-state index is -4.10. The molecule has 0 aliphatic rings. The molecule has 4 heteroatoms. The highest BCUT2D eigenvalue weighted by atomic mass is 19.4. The van der Waals surface area contributed by atoms with E-state index in [2.05, 4.69) is 12.1 Å². The lowest BCUT2D eigenvalue weighted by molar-refractivity contribution is -0.136. The fourth-order valence-electron chi connectivity index (χ4n) is 0.885. The van der Waals surface area contributed by atoms with E-state index in [9.17, 15) is 13.2 Å². The predicted molar refractivity (Wildman–Crippen MR) is 44.9 cm³/mol. The third-order valence-electron chi connectivity index (χ3n) is 1.50. The summed E-state index contributed by atoms with van der Waals surface area (Å²) in [6.07, 6.45) is -4.93. The van der Waals surface area contributed by atoms with Crippen LogP contribution in [0.15, 0.2) is 18.2 Å². The van der Waals surface area contributed by atoms with Gasteiger partial charge in [-0.1, -0.05) is 12.1 Å². The van der Waals surface area contributed by atoms with Crippen LogP contribution in [0.2, 0.25) is 0 Å². The zero-order chi connectivity index (χ0) is 10.4. The van der Waals surface area contributed by atoms with Crippen molar-refractivity contribution >= 4 is 0 Å². The van der Waals surface area contributed by atoms with Crippen molar-refractivity contribution in [2.24, 2.45) is 0 Å². The van der Waals surface area contributed by atoms with Crippen LogP contribution in [0.1, 0.15) is 12.8 Å². The monoisotopic (exact) mass is 202 g/mol. The molecule has 1 rings (SSSR count). The average Bonchev–Trinajstić information content (AvgIpc) is 2.13. The van der Waals surface area contributed by atoms with Gasteiger partial charge in [-0.15, -0.1) is 0 Å². The van der Waals surface area contributed by atoms with E-state index in [1.807, 2.05) is 0 Å². The maximum atomic E-state index is 11.7.